The maximum absolute atomic E-state index is 11.4. The van der Waals surface area contributed by atoms with E-state index in [1.165, 1.54) is 0 Å². The highest BCUT2D eigenvalue weighted by Crippen LogP contribution is 2.17. The topological polar surface area (TPSA) is 45.2 Å². The number of hydrogen-bond donors (Lipinski definition) is 1. The molecule has 2 heterocycles. The number of likely N-dealkylation sites (N-methyl/N-ethyl adjacent to an activating group) is 1. The first-order valence-corrected chi connectivity index (χ1v) is 4.77. The molecule has 1 saturated heterocycles. The van der Waals surface area contributed by atoms with Gasteiger partial charge in [0.2, 0.25) is 0 Å². The van der Waals surface area contributed by atoms with Gasteiger partial charge in [-0.05, 0) is 19.1 Å². The van der Waals surface area contributed by atoms with E-state index >= 15 is 0 Å². The fraction of sp³-hybridized carbons (Fsp3) is 0.400. The maximum Gasteiger partial charge on any atom is 0.318 e. The molecule has 0 saturated carbocycles. The zero-order chi connectivity index (χ0) is 9.97. The number of pyridine rings is 1. The molecule has 4 heteroatoms. The molecular weight excluding hydrogens is 178 g/mol. The number of hydrogen-bond acceptors (Lipinski definition) is 2. The van der Waals surface area contributed by atoms with Crippen LogP contribution in [0.3, 0.4) is 0 Å². The Morgan fingerprint density at radius 2 is 2.50 bits per heavy atom. The lowest BCUT2D eigenvalue weighted by atomic mass is 10.2. The summed E-state index contributed by atoms with van der Waals surface area (Å²) in [5.41, 5.74) is 0.928. The maximum atomic E-state index is 11.4. The SMILES string of the molecule is CCN1CC(c2ccccn2)NC1=O. The van der Waals surface area contributed by atoms with Gasteiger partial charge in [0.15, 0.2) is 0 Å². The van der Waals surface area contributed by atoms with Crippen LogP contribution in [0.15, 0.2) is 24.4 Å². The zero-order valence-electron chi connectivity index (χ0n) is 8.10. The van der Waals surface area contributed by atoms with E-state index in [0.717, 1.165) is 12.2 Å². The molecule has 1 atom stereocenters. The van der Waals surface area contributed by atoms with Crippen LogP contribution in [0.25, 0.3) is 0 Å². The molecule has 0 spiro atoms. The van der Waals surface area contributed by atoms with E-state index in [1.54, 1.807) is 11.1 Å². The highest BCUT2D eigenvalue weighted by Gasteiger charge is 2.28. The molecule has 14 heavy (non-hydrogen) atoms. The van der Waals surface area contributed by atoms with Gasteiger partial charge in [-0.3, -0.25) is 4.98 Å². The quantitative estimate of drug-likeness (QED) is 0.762. The number of carbonyl (C=O) groups is 1. The molecule has 1 N–H and O–H groups in total. The molecule has 0 aromatic carbocycles. The fourth-order valence-corrected chi connectivity index (χ4v) is 1.61. The number of aromatic nitrogens is 1. The first-order valence-electron chi connectivity index (χ1n) is 4.77. The number of carbonyl (C=O) groups excluding carboxylic acids is 1. The molecule has 4 nitrogen and oxygen atoms in total. The van der Waals surface area contributed by atoms with Crippen molar-refractivity contribution in [3.05, 3.63) is 30.1 Å². The van der Waals surface area contributed by atoms with Crippen LogP contribution in [-0.4, -0.2) is 29.0 Å². The third-order valence-electron chi connectivity index (χ3n) is 2.41. The number of urea groups is 1. The van der Waals surface area contributed by atoms with Crippen LogP contribution >= 0.6 is 0 Å². The Morgan fingerprint density at radius 1 is 1.64 bits per heavy atom. The van der Waals surface area contributed by atoms with E-state index in [4.69, 9.17) is 0 Å². The van der Waals surface area contributed by atoms with Crippen molar-refractivity contribution in [2.75, 3.05) is 13.1 Å². The Labute approximate surface area is 82.9 Å². The third-order valence-corrected chi connectivity index (χ3v) is 2.41. The molecule has 1 fully saturated rings. The molecule has 1 aliphatic heterocycles. The average Bonchev–Trinajstić information content (AvgIpc) is 2.61. The summed E-state index contributed by atoms with van der Waals surface area (Å²) >= 11 is 0. The second-order valence-corrected chi connectivity index (χ2v) is 3.30. The second kappa shape index (κ2) is 3.65. The van der Waals surface area contributed by atoms with Crippen molar-refractivity contribution in [1.29, 1.82) is 0 Å². The van der Waals surface area contributed by atoms with Crippen molar-refractivity contribution >= 4 is 6.03 Å². The summed E-state index contributed by atoms with van der Waals surface area (Å²) in [7, 11) is 0. The first kappa shape index (κ1) is 8.99. The molecule has 0 bridgehead atoms. The van der Waals surface area contributed by atoms with Gasteiger partial charge in [-0.15, -0.1) is 0 Å². The van der Waals surface area contributed by atoms with E-state index in [0.29, 0.717) is 6.54 Å². The molecule has 1 aliphatic rings. The summed E-state index contributed by atoms with van der Waals surface area (Å²) in [6.45, 7) is 3.43. The van der Waals surface area contributed by atoms with Crippen LogP contribution in [0.2, 0.25) is 0 Å². The highest BCUT2D eigenvalue weighted by molar-refractivity contribution is 5.77. The Hall–Kier alpha value is -1.58. The first-order chi connectivity index (χ1) is 6.81. The number of rotatable bonds is 2. The van der Waals surface area contributed by atoms with Crippen LogP contribution in [0, 0.1) is 0 Å². The van der Waals surface area contributed by atoms with Gasteiger partial charge < -0.3 is 10.2 Å². The van der Waals surface area contributed by atoms with Crippen LogP contribution in [-0.2, 0) is 0 Å². The largest absolute Gasteiger partial charge is 0.328 e. The lowest BCUT2D eigenvalue weighted by molar-refractivity contribution is 0.219. The molecule has 1 aromatic rings. The summed E-state index contributed by atoms with van der Waals surface area (Å²) < 4.78 is 0. The Bertz CT molecular complexity index is 325. The number of nitrogens with one attached hydrogen (secondary N) is 1. The molecule has 74 valence electrons. The summed E-state index contributed by atoms with van der Waals surface area (Å²) in [4.78, 5) is 17.4. The zero-order valence-corrected chi connectivity index (χ0v) is 8.10. The highest BCUT2D eigenvalue weighted by atomic mass is 16.2. The van der Waals surface area contributed by atoms with Gasteiger partial charge in [-0.2, -0.15) is 0 Å². The Balaban J connectivity index is 2.13. The fourth-order valence-electron chi connectivity index (χ4n) is 1.61. The van der Waals surface area contributed by atoms with Gasteiger partial charge in [0.25, 0.3) is 0 Å². The van der Waals surface area contributed by atoms with E-state index < -0.39 is 0 Å². The van der Waals surface area contributed by atoms with Gasteiger partial charge in [0.05, 0.1) is 11.7 Å². The van der Waals surface area contributed by atoms with Gasteiger partial charge in [-0.1, -0.05) is 6.07 Å². The van der Waals surface area contributed by atoms with E-state index in [-0.39, 0.29) is 12.1 Å². The minimum Gasteiger partial charge on any atom is -0.328 e. The van der Waals surface area contributed by atoms with Crippen molar-refractivity contribution in [2.24, 2.45) is 0 Å². The monoisotopic (exact) mass is 191 g/mol. The number of nitrogens with zero attached hydrogens (tertiary/aromatic N) is 2. The molecule has 1 aromatic heterocycles. The van der Waals surface area contributed by atoms with Crippen LogP contribution in [0.4, 0.5) is 4.79 Å². The lowest BCUT2D eigenvalue weighted by Crippen LogP contribution is -2.27. The predicted octanol–water partition coefficient (Wildman–Crippen LogP) is 1.17. The minimum atomic E-state index is 0.00292. The van der Waals surface area contributed by atoms with Gasteiger partial charge in [0.1, 0.15) is 0 Å². The molecule has 0 aliphatic carbocycles. The molecule has 2 amide bonds. The van der Waals surface area contributed by atoms with E-state index in [9.17, 15) is 4.79 Å². The molecule has 2 rings (SSSR count). The van der Waals surface area contributed by atoms with Crippen LogP contribution < -0.4 is 5.32 Å². The Kier molecular flexibility index (Phi) is 2.35. The van der Waals surface area contributed by atoms with Crippen molar-refractivity contribution in [3.8, 4) is 0 Å². The van der Waals surface area contributed by atoms with Crippen molar-refractivity contribution in [1.82, 2.24) is 15.2 Å². The van der Waals surface area contributed by atoms with Crippen molar-refractivity contribution < 1.29 is 4.79 Å². The average molecular weight is 191 g/mol. The normalized spacial score (nSPS) is 21.1. The lowest BCUT2D eigenvalue weighted by Gasteiger charge is -2.10. The smallest absolute Gasteiger partial charge is 0.318 e. The van der Waals surface area contributed by atoms with Crippen molar-refractivity contribution in [2.45, 2.75) is 13.0 Å². The van der Waals surface area contributed by atoms with Crippen LogP contribution in [0.5, 0.6) is 0 Å². The third kappa shape index (κ3) is 1.55. The second-order valence-electron chi connectivity index (χ2n) is 3.30. The van der Waals surface area contributed by atoms with E-state index in [2.05, 4.69) is 10.3 Å². The predicted molar refractivity (Wildman–Crippen MR) is 52.8 cm³/mol. The molecule has 0 radical (unpaired) electrons. The van der Waals surface area contributed by atoms with Crippen molar-refractivity contribution in [3.63, 3.8) is 0 Å². The standard InChI is InChI=1S/C10H13N3O/c1-2-13-7-9(12-10(13)14)8-5-3-4-6-11-8/h3-6,9H,2,7H2,1H3,(H,12,14). The van der Waals surface area contributed by atoms with Crippen LogP contribution in [0.1, 0.15) is 18.7 Å². The minimum absolute atomic E-state index is 0.00292. The van der Waals surface area contributed by atoms with E-state index in [1.807, 2.05) is 25.1 Å². The summed E-state index contributed by atoms with van der Waals surface area (Å²) in [6, 6.07) is 5.79. The Morgan fingerprint density at radius 3 is 3.07 bits per heavy atom. The summed E-state index contributed by atoms with van der Waals surface area (Å²) in [6.07, 6.45) is 1.75. The van der Waals surface area contributed by atoms with Gasteiger partial charge in [0, 0.05) is 19.3 Å². The summed E-state index contributed by atoms with van der Waals surface area (Å²) in [5, 5.41) is 2.90. The van der Waals surface area contributed by atoms with Gasteiger partial charge in [-0.25, -0.2) is 4.79 Å². The molecule has 1 unspecified atom stereocenters. The molecular formula is C10H13N3O. The summed E-state index contributed by atoms with van der Waals surface area (Å²) in [5.74, 6) is 0. The van der Waals surface area contributed by atoms with Gasteiger partial charge >= 0.3 is 6.03 Å². The number of amides is 2.